The minimum atomic E-state index is 0.194. The predicted molar refractivity (Wildman–Crippen MR) is 95.2 cm³/mol. The van der Waals surface area contributed by atoms with E-state index in [1.54, 1.807) is 12.4 Å². The van der Waals surface area contributed by atoms with E-state index in [4.69, 9.17) is 4.74 Å². The number of benzene rings is 1. The average Bonchev–Trinajstić information content (AvgIpc) is 2.99. The molecule has 0 unspecified atom stereocenters. The lowest BCUT2D eigenvalue weighted by Gasteiger charge is -2.47. The molecule has 24 heavy (non-hydrogen) atoms. The van der Waals surface area contributed by atoms with Crippen molar-refractivity contribution in [2.24, 2.45) is 0 Å². The van der Waals surface area contributed by atoms with Crippen LogP contribution in [0.2, 0.25) is 0 Å². The molecule has 124 valence electrons. The molecular weight excluding hydrogens is 320 g/mol. The van der Waals surface area contributed by atoms with Crippen LogP contribution in [0.4, 0.5) is 0 Å². The van der Waals surface area contributed by atoms with E-state index in [1.165, 1.54) is 0 Å². The lowest BCUT2D eigenvalue weighted by atomic mass is 9.92. The third-order valence-corrected chi connectivity index (χ3v) is 6.20. The van der Waals surface area contributed by atoms with Crippen molar-refractivity contribution in [1.82, 2.24) is 9.88 Å². The number of rotatable bonds is 4. The summed E-state index contributed by atoms with van der Waals surface area (Å²) in [4.78, 5) is 18.5. The first-order chi connectivity index (χ1) is 11.7. The Morgan fingerprint density at radius 1 is 1.25 bits per heavy atom. The average molecular weight is 340 g/mol. The lowest BCUT2D eigenvalue weighted by Crippen LogP contribution is -2.61. The molecule has 1 aromatic heterocycles. The number of pyridine rings is 1. The second-order valence-electron chi connectivity index (χ2n) is 6.54. The third kappa shape index (κ3) is 3.26. The van der Waals surface area contributed by atoms with Crippen LogP contribution in [0.5, 0.6) is 5.75 Å². The van der Waals surface area contributed by atoms with E-state index in [0.29, 0.717) is 6.42 Å². The van der Waals surface area contributed by atoms with Gasteiger partial charge in [0.15, 0.2) is 0 Å². The van der Waals surface area contributed by atoms with Crippen molar-refractivity contribution in [3.05, 3.63) is 60.4 Å². The van der Waals surface area contributed by atoms with Crippen molar-refractivity contribution in [2.75, 3.05) is 18.8 Å². The van der Waals surface area contributed by atoms with E-state index in [9.17, 15) is 4.79 Å². The van der Waals surface area contributed by atoms with Crippen molar-refractivity contribution in [3.63, 3.8) is 0 Å². The molecule has 2 aliphatic heterocycles. The number of nitrogens with zero attached hydrogens (tertiary/aromatic N) is 2. The summed E-state index contributed by atoms with van der Waals surface area (Å²) in [6.07, 6.45) is 5.22. The van der Waals surface area contributed by atoms with Crippen LogP contribution in [-0.2, 0) is 11.2 Å². The van der Waals surface area contributed by atoms with Gasteiger partial charge in [-0.2, -0.15) is 0 Å². The van der Waals surface area contributed by atoms with E-state index in [1.807, 2.05) is 59.1 Å². The summed E-state index contributed by atoms with van der Waals surface area (Å²) in [5, 5.41) is 0. The number of carbonyl (C=O) groups is 1. The predicted octanol–water partition coefficient (Wildman–Crippen LogP) is 2.79. The van der Waals surface area contributed by atoms with Crippen molar-refractivity contribution in [1.29, 1.82) is 0 Å². The first kappa shape index (κ1) is 15.5. The second kappa shape index (κ2) is 6.48. The summed E-state index contributed by atoms with van der Waals surface area (Å²) >= 11 is 1.95. The first-order valence-corrected chi connectivity index (χ1v) is 9.23. The molecule has 4 rings (SSSR count). The van der Waals surface area contributed by atoms with Gasteiger partial charge in [-0.05, 0) is 17.7 Å². The summed E-state index contributed by atoms with van der Waals surface area (Å²) in [5.74, 6) is 2.04. The standard InChI is InChI=1S/C19H20N2O2S/c22-18(9-15-5-2-1-3-6-15)21-13-19(14-21)10-17(12-24-19)23-16-7-4-8-20-11-16/h1-8,11,17H,9-10,12-14H2/t17-/m1/s1. The summed E-state index contributed by atoms with van der Waals surface area (Å²) in [5.41, 5.74) is 1.08. The molecule has 5 heteroatoms. The van der Waals surface area contributed by atoms with Gasteiger partial charge in [0.2, 0.25) is 5.91 Å². The Morgan fingerprint density at radius 3 is 2.83 bits per heavy atom. The third-order valence-electron chi connectivity index (χ3n) is 4.62. The Bertz CT molecular complexity index is 702. The highest BCUT2D eigenvalue weighted by atomic mass is 32.2. The molecule has 4 nitrogen and oxygen atoms in total. The smallest absolute Gasteiger partial charge is 0.227 e. The molecule has 2 aliphatic rings. The van der Waals surface area contributed by atoms with Crippen molar-refractivity contribution in [2.45, 2.75) is 23.7 Å². The highest BCUT2D eigenvalue weighted by molar-refractivity contribution is 8.01. The number of amides is 1. The molecule has 2 saturated heterocycles. The Hall–Kier alpha value is -2.01. The molecular formula is C19H20N2O2S. The fraction of sp³-hybridized carbons (Fsp3) is 0.368. The quantitative estimate of drug-likeness (QED) is 0.858. The van der Waals surface area contributed by atoms with Gasteiger partial charge in [0.25, 0.3) is 0 Å². The zero-order chi connectivity index (χ0) is 16.4. The Morgan fingerprint density at radius 2 is 2.08 bits per heavy atom. The van der Waals surface area contributed by atoms with Gasteiger partial charge in [0.05, 0.1) is 17.4 Å². The summed E-state index contributed by atoms with van der Waals surface area (Å²) in [6, 6.07) is 13.8. The van der Waals surface area contributed by atoms with Gasteiger partial charge < -0.3 is 9.64 Å². The van der Waals surface area contributed by atoms with Crippen LogP contribution in [0.1, 0.15) is 12.0 Å². The van der Waals surface area contributed by atoms with E-state index in [2.05, 4.69) is 4.98 Å². The molecule has 0 bridgehead atoms. The number of hydrogen-bond acceptors (Lipinski definition) is 4. The van der Waals surface area contributed by atoms with E-state index < -0.39 is 0 Å². The van der Waals surface area contributed by atoms with Crippen LogP contribution in [0.25, 0.3) is 0 Å². The van der Waals surface area contributed by atoms with E-state index >= 15 is 0 Å². The maximum Gasteiger partial charge on any atom is 0.227 e. The zero-order valence-corrected chi connectivity index (χ0v) is 14.2. The summed E-state index contributed by atoms with van der Waals surface area (Å²) in [6.45, 7) is 1.69. The fourth-order valence-corrected chi connectivity index (χ4v) is 4.94. The highest BCUT2D eigenvalue weighted by Crippen LogP contribution is 2.46. The number of thioether (sulfide) groups is 1. The van der Waals surface area contributed by atoms with Crippen molar-refractivity contribution >= 4 is 17.7 Å². The molecule has 1 amide bonds. The maximum atomic E-state index is 12.4. The molecule has 3 heterocycles. The molecule has 1 spiro atoms. The fourth-order valence-electron chi connectivity index (χ4n) is 3.42. The first-order valence-electron chi connectivity index (χ1n) is 8.25. The van der Waals surface area contributed by atoms with Gasteiger partial charge in [0, 0.05) is 31.5 Å². The minimum absolute atomic E-state index is 0.194. The molecule has 0 saturated carbocycles. The van der Waals surface area contributed by atoms with Crippen LogP contribution >= 0.6 is 11.8 Å². The number of aromatic nitrogens is 1. The molecule has 1 atom stereocenters. The molecule has 2 aromatic rings. The summed E-state index contributed by atoms with van der Waals surface area (Å²) in [7, 11) is 0. The maximum absolute atomic E-state index is 12.4. The molecule has 0 N–H and O–H groups in total. The second-order valence-corrected chi connectivity index (χ2v) is 8.03. The lowest BCUT2D eigenvalue weighted by molar-refractivity contribution is -0.135. The van der Waals surface area contributed by atoms with Crippen LogP contribution in [0, 0.1) is 0 Å². The Kier molecular flexibility index (Phi) is 4.19. The van der Waals surface area contributed by atoms with Gasteiger partial charge in [0.1, 0.15) is 11.9 Å². The zero-order valence-electron chi connectivity index (χ0n) is 13.4. The van der Waals surface area contributed by atoms with Gasteiger partial charge in [-0.3, -0.25) is 9.78 Å². The minimum Gasteiger partial charge on any atom is -0.488 e. The number of hydrogen-bond donors (Lipinski definition) is 0. The number of ether oxygens (including phenoxy) is 1. The molecule has 1 aromatic carbocycles. The molecule has 0 radical (unpaired) electrons. The topological polar surface area (TPSA) is 42.4 Å². The number of carbonyl (C=O) groups excluding carboxylic acids is 1. The van der Waals surface area contributed by atoms with Crippen LogP contribution < -0.4 is 4.74 Å². The van der Waals surface area contributed by atoms with Gasteiger partial charge in [-0.1, -0.05) is 30.3 Å². The van der Waals surface area contributed by atoms with Gasteiger partial charge in [-0.25, -0.2) is 0 Å². The number of likely N-dealkylation sites (tertiary alicyclic amines) is 1. The highest BCUT2D eigenvalue weighted by Gasteiger charge is 2.51. The SMILES string of the molecule is O=C(Cc1ccccc1)N1CC2(C[C@@H](Oc3cccnc3)CS2)C1. The normalized spacial score (nSPS) is 21.5. The van der Waals surface area contributed by atoms with Crippen LogP contribution in [0.3, 0.4) is 0 Å². The largest absolute Gasteiger partial charge is 0.488 e. The van der Waals surface area contributed by atoms with Crippen molar-refractivity contribution < 1.29 is 9.53 Å². The molecule has 0 aliphatic carbocycles. The Labute approximate surface area is 146 Å². The van der Waals surface area contributed by atoms with Gasteiger partial charge >= 0.3 is 0 Å². The van der Waals surface area contributed by atoms with Crippen LogP contribution in [-0.4, -0.2) is 45.5 Å². The van der Waals surface area contributed by atoms with Gasteiger partial charge in [-0.15, -0.1) is 11.8 Å². The summed E-state index contributed by atoms with van der Waals surface area (Å²) < 4.78 is 6.20. The molecule has 2 fully saturated rings. The monoisotopic (exact) mass is 340 g/mol. The van der Waals surface area contributed by atoms with Crippen LogP contribution in [0.15, 0.2) is 54.9 Å². The van der Waals surface area contributed by atoms with E-state index in [0.717, 1.165) is 36.6 Å². The van der Waals surface area contributed by atoms with Crippen molar-refractivity contribution in [3.8, 4) is 5.75 Å². The Balaban J connectivity index is 1.28. The van der Waals surface area contributed by atoms with E-state index in [-0.39, 0.29) is 16.8 Å².